The summed E-state index contributed by atoms with van der Waals surface area (Å²) in [5, 5.41) is 6.28. The number of ether oxygens (including phenoxy) is 1. The van der Waals surface area contributed by atoms with Crippen molar-refractivity contribution < 1.29 is 14.3 Å². The topological polar surface area (TPSA) is 67.4 Å². The number of nitrogens with one attached hydrogen (secondary N) is 2. The van der Waals surface area contributed by atoms with Crippen LogP contribution < -0.4 is 15.4 Å². The van der Waals surface area contributed by atoms with Crippen molar-refractivity contribution in [2.75, 3.05) is 5.32 Å². The van der Waals surface area contributed by atoms with Crippen molar-refractivity contribution in [2.45, 2.75) is 110 Å². The van der Waals surface area contributed by atoms with Crippen LogP contribution in [0.2, 0.25) is 0 Å². The fourth-order valence-corrected chi connectivity index (χ4v) is 8.52. The molecule has 1 saturated heterocycles. The maximum absolute atomic E-state index is 12.1. The number of rotatable bonds is 3. The number of benzene rings is 1. The molecule has 0 spiro atoms. The number of hydrogen-bond donors (Lipinski definition) is 2. The van der Waals surface area contributed by atoms with Crippen LogP contribution in [-0.2, 0) is 15.0 Å². The predicted molar refractivity (Wildman–Crippen MR) is 139 cm³/mol. The summed E-state index contributed by atoms with van der Waals surface area (Å²) < 4.78 is 6.94. The maximum atomic E-state index is 12.1. The molecule has 1 heterocycles. The lowest BCUT2D eigenvalue weighted by molar-refractivity contribution is -0.137. The molecule has 2 N–H and O–H groups in total. The first kappa shape index (κ1) is 24.6. The van der Waals surface area contributed by atoms with Gasteiger partial charge in [0.2, 0.25) is 11.8 Å². The van der Waals surface area contributed by atoms with E-state index < -0.39 is 0 Å². The smallest absolute Gasteiger partial charge is 0.221 e. The molecule has 0 bridgehead atoms. The summed E-state index contributed by atoms with van der Waals surface area (Å²) in [4.78, 5) is 23.8. The number of fused-ring (bicyclic) bond motifs is 5. The van der Waals surface area contributed by atoms with Crippen LogP contribution >= 0.6 is 0 Å². The third-order valence-corrected chi connectivity index (χ3v) is 10.4. The van der Waals surface area contributed by atoms with Crippen molar-refractivity contribution >= 4 is 17.5 Å². The molecule has 2 amide bonds. The summed E-state index contributed by atoms with van der Waals surface area (Å²) in [6.45, 7) is 13.2. The fourth-order valence-electron chi connectivity index (χ4n) is 8.52. The first-order valence-corrected chi connectivity index (χ1v) is 13.8. The quantitative estimate of drug-likeness (QED) is 0.540. The molecule has 3 saturated carbocycles. The summed E-state index contributed by atoms with van der Waals surface area (Å²) in [5.41, 5.74) is 2.36. The van der Waals surface area contributed by atoms with Gasteiger partial charge in [0, 0.05) is 36.6 Å². The van der Waals surface area contributed by atoms with Gasteiger partial charge in [0.25, 0.3) is 0 Å². The number of amides is 2. The Morgan fingerprint density at radius 1 is 1.03 bits per heavy atom. The Kier molecular flexibility index (Phi) is 6.00. The van der Waals surface area contributed by atoms with Crippen LogP contribution in [0.5, 0.6) is 5.75 Å². The number of carbonyl (C=O) groups excluding carboxylic acids is 2. The molecule has 192 valence electrons. The third kappa shape index (κ3) is 4.17. The molecule has 4 fully saturated rings. The molecular weight excluding hydrogens is 436 g/mol. The zero-order chi connectivity index (χ0) is 25.2. The number of anilines is 1. The monoisotopic (exact) mass is 480 g/mol. The zero-order valence-corrected chi connectivity index (χ0v) is 22.5. The highest BCUT2D eigenvalue weighted by molar-refractivity contribution is 5.89. The van der Waals surface area contributed by atoms with Crippen molar-refractivity contribution in [2.24, 2.45) is 28.6 Å². The summed E-state index contributed by atoms with van der Waals surface area (Å²) in [5.74, 6) is 3.21. The van der Waals surface area contributed by atoms with Gasteiger partial charge in [0.15, 0.2) is 0 Å². The minimum absolute atomic E-state index is 0.0426. The first-order chi connectivity index (χ1) is 16.4. The summed E-state index contributed by atoms with van der Waals surface area (Å²) in [6.07, 6.45) is 9.01. The van der Waals surface area contributed by atoms with Gasteiger partial charge in [0.05, 0.1) is 0 Å². The second kappa shape index (κ2) is 8.52. The molecular formula is C30H44N2O3. The second-order valence-electron chi connectivity index (χ2n) is 13.5. The highest BCUT2D eigenvalue weighted by Crippen LogP contribution is 2.64. The first-order valence-electron chi connectivity index (χ1n) is 13.8. The molecule has 4 aliphatic rings. The van der Waals surface area contributed by atoms with Crippen LogP contribution in [0, 0.1) is 28.6 Å². The molecule has 0 aromatic heterocycles. The molecule has 7 atom stereocenters. The number of carbonyl (C=O) groups is 2. The molecule has 35 heavy (non-hydrogen) atoms. The van der Waals surface area contributed by atoms with Crippen LogP contribution in [-0.4, -0.2) is 24.0 Å². The van der Waals surface area contributed by atoms with Gasteiger partial charge in [-0.25, -0.2) is 0 Å². The van der Waals surface area contributed by atoms with Gasteiger partial charge >= 0.3 is 0 Å². The van der Waals surface area contributed by atoms with E-state index in [2.05, 4.69) is 51.3 Å². The van der Waals surface area contributed by atoms with Gasteiger partial charge < -0.3 is 15.4 Å². The summed E-state index contributed by atoms with van der Waals surface area (Å²) >= 11 is 0. The van der Waals surface area contributed by atoms with E-state index in [0.29, 0.717) is 24.3 Å². The number of hydrogen-bond acceptors (Lipinski definition) is 3. The van der Waals surface area contributed by atoms with E-state index in [9.17, 15) is 9.59 Å². The van der Waals surface area contributed by atoms with E-state index in [0.717, 1.165) is 36.6 Å². The normalized spacial score (nSPS) is 38.6. The van der Waals surface area contributed by atoms with Crippen LogP contribution in [0.25, 0.3) is 0 Å². The van der Waals surface area contributed by atoms with Crippen molar-refractivity contribution in [3.8, 4) is 5.75 Å². The van der Waals surface area contributed by atoms with Crippen molar-refractivity contribution in [1.29, 1.82) is 0 Å². The SMILES string of the molecule is CC(=O)Nc1ccc(C(C)(C)C)c(O[C@H]2CCC3C4CCC5NC(=O)CC[C@]5(C)C4CC[C@@]32C)c1. The Morgan fingerprint density at radius 2 is 1.77 bits per heavy atom. The lowest BCUT2D eigenvalue weighted by atomic mass is 9.47. The Morgan fingerprint density at radius 3 is 2.49 bits per heavy atom. The lowest BCUT2D eigenvalue weighted by Crippen LogP contribution is -2.61. The molecule has 5 rings (SSSR count). The minimum Gasteiger partial charge on any atom is -0.489 e. The van der Waals surface area contributed by atoms with E-state index in [1.165, 1.54) is 31.2 Å². The second-order valence-corrected chi connectivity index (χ2v) is 13.5. The van der Waals surface area contributed by atoms with Crippen LogP contribution in [0.1, 0.15) is 98.5 Å². The van der Waals surface area contributed by atoms with Crippen LogP contribution in [0.3, 0.4) is 0 Å². The lowest BCUT2D eigenvalue weighted by Gasteiger charge is -2.60. The van der Waals surface area contributed by atoms with Gasteiger partial charge in [-0.05, 0) is 85.2 Å². The molecule has 0 radical (unpaired) electrons. The standard InChI is InChI=1S/C30H44N2O3/c1-18(33)31-19-7-9-23(28(2,3)4)24(17-19)35-26-12-10-21-20-8-11-25-29(5,16-14-27(34)32-25)22(20)13-15-30(21,26)6/h7,9,17,20-22,25-26H,8,10-16H2,1-6H3,(H,31,33)(H,32,34)/t20?,21?,22?,25?,26-,29+,30-/m0/s1. The Balaban J connectivity index is 1.40. The number of piperidine rings is 1. The van der Waals surface area contributed by atoms with E-state index in [4.69, 9.17) is 4.74 Å². The largest absolute Gasteiger partial charge is 0.489 e. The van der Waals surface area contributed by atoms with E-state index in [1.807, 2.05) is 12.1 Å². The van der Waals surface area contributed by atoms with Crippen molar-refractivity contribution in [1.82, 2.24) is 5.32 Å². The molecule has 1 aromatic rings. The van der Waals surface area contributed by atoms with E-state index >= 15 is 0 Å². The van der Waals surface area contributed by atoms with Crippen molar-refractivity contribution in [3.05, 3.63) is 23.8 Å². The van der Waals surface area contributed by atoms with Gasteiger partial charge in [-0.3, -0.25) is 9.59 Å². The molecule has 1 aromatic carbocycles. The van der Waals surface area contributed by atoms with Crippen LogP contribution in [0.4, 0.5) is 5.69 Å². The fraction of sp³-hybridized carbons (Fsp3) is 0.733. The Hall–Kier alpha value is -2.04. The molecule has 5 heteroatoms. The molecule has 5 nitrogen and oxygen atoms in total. The van der Waals surface area contributed by atoms with Gasteiger partial charge in [-0.15, -0.1) is 0 Å². The average molecular weight is 481 g/mol. The third-order valence-electron chi connectivity index (χ3n) is 10.4. The van der Waals surface area contributed by atoms with E-state index in [-0.39, 0.29) is 34.2 Å². The zero-order valence-electron chi connectivity index (χ0n) is 22.5. The predicted octanol–water partition coefficient (Wildman–Crippen LogP) is 6.21. The maximum Gasteiger partial charge on any atom is 0.221 e. The highest BCUT2D eigenvalue weighted by atomic mass is 16.5. The van der Waals surface area contributed by atoms with E-state index in [1.54, 1.807) is 6.92 Å². The van der Waals surface area contributed by atoms with Gasteiger partial charge in [0.1, 0.15) is 11.9 Å². The summed E-state index contributed by atoms with van der Waals surface area (Å²) in [6, 6.07) is 6.49. The van der Waals surface area contributed by atoms with Gasteiger partial charge in [-0.2, -0.15) is 0 Å². The minimum atomic E-state index is -0.0614. The molecule has 4 unspecified atom stereocenters. The summed E-state index contributed by atoms with van der Waals surface area (Å²) in [7, 11) is 0. The Labute approximate surface area is 211 Å². The Bertz CT molecular complexity index is 1010. The average Bonchev–Trinajstić information content (AvgIpc) is 3.09. The van der Waals surface area contributed by atoms with Crippen molar-refractivity contribution in [3.63, 3.8) is 0 Å². The highest BCUT2D eigenvalue weighted by Gasteiger charge is 2.61. The molecule has 1 aliphatic heterocycles. The molecule has 3 aliphatic carbocycles. The van der Waals surface area contributed by atoms with Crippen LogP contribution in [0.15, 0.2) is 18.2 Å². The van der Waals surface area contributed by atoms with Gasteiger partial charge in [-0.1, -0.05) is 40.7 Å².